The number of aromatic nitrogens is 2. The van der Waals surface area contributed by atoms with Crippen LogP contribution in [0.4, 0.5) is 5.82 Å². The number of thiocarbonyl (C=S) groups is 1. The summed E-state index contributed by atoms with van der Waals surface area (Å²) < 4.78 is 6.87. The van der Waals surface area contributed by atoms with Crippen molar-refractivity contribution in [3.8, 4) is 0 Å². The molecule has 0 bridgehead atoms. The minimum Gasteiger partial charge on any atom is -0.466 e. The molecule has 1 atom stereocenters. The topological polar surface area (TPSA) is 113 Å². The Balaban J connectivity index is 1.86. The first-order valence-electron chi connectivity index (χ1n) is 11.3. The summed E-state index contributed by atoms with van der Waals surface area (Å²) in [5.41, 5.74) is 0.130. The fourth-order valence-electron chi connectivity index (χ4n) is 4.03. The molecule has 2 aromatic heterocycles. The van der Waals surface area contributed by atoms with Crippen LogP contribution < -0.4 is 15.8 Å². The highest BCUT2D eigenvalue weighted by Gasteiger charge is 2.36. The average Bonchev–Trinajstić information content (AvgIpc) is 3.10. The molecule has 0 saturated carbocycles. The number of ether oxygens (including phenoxy) is 1. The van der Waals surface area contributed by atoms with Gasteiger partial charge in [0.2, 0.25) is 5.91 Å². The standard InChI is InChI=1S/C23H25N5O5S2/c1-3-9-28-22(32)16(35-23(28)34)12-14-19(25-17-7-5-6-10-27(17)21(14)31)26-11-8-24-20(30)15(26)13-18(29)33-4-2/h5-7,10,12,15H,3-4,8-9,11,13H2,1-2H3,(H,24,30). The lowest BCUT2D eigenvalue weighted by Gasteiger charge is -2.36. The minimum atomic E-state index is -0.914. The molecule has 1 unspecified atom stereocenters. The highest BCUT2D eigenvalue weighted by Crippen LogP contribution is 2.34. The molecule has 2 fully saturated rings. The highest BCUT2D eigenvalue weighted by atomic mass is 32.2. The molecule has 2 amide bonds. The molecule has 0 radical (unpaired) electrons. The van der Waals surface area contributed by atoms with Crippen LogP contribution >= 0.6 is 24.0 Å². The lowest BCUT2D eigenvalue weighted by molar-refractivity contribution is -0.145. The average molecular weight is 516 g/mol. The zero-order chi connectivity index (χ0) is 25.1. The molecular weight excluding hydrogens is 490 g/mol. The number of esters is 1. The van der Waals surface area contributed by atoms with Gasteiger partial charge in [0.15, 0.2) is 0 Å². The third-order valence-electron chi connectivity index (χ3n) is 5.61. The van der Waals surface area contributed by atoms with Crippen LogP contribution in [0.25, 0.3) is 11.7 Å². The molecule has 2 aliphatic rings. The van der Waals surface area contributed by atoms with Gasteiger partial charge in [-0.3, -0.25) is 28.5 Å². The van der Waals surface area contributed by atoms with E-state index >= 15 is 0 Å². The number of nitrogens with one attached hydrogen (secondary N) is 1. The molecule has 0 aliphatic carbocycles. The van der Waals surface area contributed by atoms with Gasteiger partial charge in [-0.15, -0.1) is 0 Å². The van der Waals surface area contributed by atoms with E-state index in [-0.39, 0.29) is 36.2 Å². The van der Waals surface area contributed by atoms with Crippen molar-refractivity contribution in [1.82, 2.24) is 19.6 Å². The number of carbonyl (C=O) groups is 3. The summed E-state index contributed by atoms with van der Waals surface area (Å²) >= 11 is 6.49. The maximum absolute atomic E-state index is 13.6. The number of hydrogen-bond acceptors (Lipinski definition) is 9. The third kappa shape index (κ3) is 4.94. The zero-order valence-electron chi connectivity index (χ0n) is 19.4. The maximum Gasteiger partial charge on any atom is 0.308 e. The van der Waals surface area contributed by atoms with Crippen LogP contribution in [0.2, 0.25) is 0 Å². The molecule has 35 heavy (non-hydrogen) atoms. The largest absolute Gasteiger partial charge is 0.466 e. The van der Waals surface area contributed by atoms with Crippen molar-refractivity contribution in [3.05, 3.63) is 45.2 Å². The van der Waals surface area contributed by atoms with Crippen molar-refractivity contribution < 1.29 is 19.1 Å². The van der Waals surface area contributed by atoms with Crippen molar-refractivity contribution >= 4 is 63.6 Å². The summed E-state index contributed by atoms with van der Waals surface area (Å²) in [6.45, 7) is 4.95. The van der Waals surface area contributed by atoms with E-state index in [1.807, 2.05) is 6.92 Å². The fraction of sp³-hybridized carbons (Fsp3) is 0.391. The number of carbonyl (C=O) groups excluding carboxylic acids is 3. The van der Waals surface area contributed by atoms with E-state index in [0.717, 1.165) is 18.2 Å². The van der Waals surface area contributed by atoms with Crippen LogP contribution in [0.1, 0.15) is 32.3 Å². The Morgan fingerprint density at radius 3 is 2.86 bits per heavy atom. The van der Waals surface area contributed by atoms with Crippen LogP contribution in [-0.2, 0) is 19.1 Å². The molecule has 2 aliphatic heterocycles. The van der Waals surface area contributed by atoms with Gasteiger partial charge in [-0.1, -0.05) is 37.0 Å². The lowest BCUT2D eigenvalue weighted by atomic mass is 10.1. The Morgan fingerprint density at radius 2 is 2.11 bits per heavy atom. The number of amides is 2. The zero-order valence-corrected chi connectivity index (χ0v) is 21.0. The van der Waals surface area contributed by atoms with Gasteiger partial charge in [0.05, 0.1) is 23.5 Å². The molecule has 1 N–H and O–H groups in total. The first kappa shape index (κ1) is 24.9. The van der Waals surface area contributed by atoms with Crippen molar-refractivity contribution in [3.63, 3.8) is 0 Å². The molecule has 4 rings (SSSR count). The van der Waals surface area contributed by atoms with Gasteiger partial charge in [-0.25, -0.2) is 4.98 Å². The second kappa shape index (κ2) is 10.6. The number of rotatable bonds is 7. The predicted molar refractivity (Wildman–Crippen MR) is 137 cm³/mol. The van der Waals surface area contributed by atoms with E-state index in [2.05, 4.69) is 10.3 Å². The van der Waals surface area contributed by atoms with Crippen molar-refractivity contribution in [2.24, 2.45) is 0 Å². The van der Waals surface area contributed by atoms with Crippen LogP contribution in [0, 0.1) is 0 Å². The van der Waals surface area contributed by atoms with E-state index < -0.39 is 17.6 Å². The molecule has 10 nitrogen and oxygen atoms in total. The fourth-order valence-corrected chi connectivity index (χ4v) is 5.32. The van der Waals surface area contributed by atoms with Gasteiger partial charge >= 0.3 is 5.97 Å². The molecule has 184 valence electrons. The number of hydrogen-bond donors (Lipinski definition) is 1. The van der Waals surface area contributed by atoms with Crippen molar-refractivity contribution in [2.75, 3.05) is 31.1 Å². The second-order valence-corrected chi connectivity index (χ2v) is 9.60. The molecule has 12 heteroatoms. The monoisotopic (exact) mass is 515 g/mol. The second-order valence-electron chi connectivity index (χ2n) is 7.93. The van der Waals surface area contributed by atoms with Crippen LogP contribution in [0.15, 0.2) is 34.1 Å². The van der Waals surface area contributed by atoms with Crippen LogP contribution in [0.3, 0.4) is 0 Å². The molecular formula is C23H25N5O5S2. The molecule has 0 aromatic carbocycles. The SMILES string of the molecule is CCCN1C(=O)C(=Cc2c(N3CCNC(=O)C3CC(=O)OCC)nc3ccccn3c2=O)SC1=S. The number of nitrogens with zero attached hydrogens (tertiary/aromatic N) is 4. The van der Waals surface area contributed by atoms with Crippen LogP contribution in [-0.4, -0.2) is 68.7 Å². The maximum atomic E-state index is 13.6. The van der Waals surface area contributed by atoms with Crippen molar-refractivity contribution in [2.45, 2.75) is 32.7 Å². The Labute approximate surface area is 211 Å². The van der Waals surface area contributed by atoms with Gasteiger partial charge in [0.1, 0.15) is 21.8 Å². The third-order valence-corrected chi connectivity index (χ3v) is 6.99. The summed E-state index contributed by atoms with van der Waals surface area (Å²) in [4.78, 5) is 59.7. The minimum absolute atomic E-state index is 0.147. The number of thioether (sulfide) groups is 1. The van der Waals surface area contributed by atoms with E-state index in [1.165, 1.54) is 15.4 Å². The van der Waals surface area contributed by atoms with E-state index in [1.54, 1.807) is 36.2 Å². The summed E-state index contributed by atoms with van der Waals surface area (Å²) in [6, 6.07) is 4.22. The number of piperazine rings is 1. The van der Waals surface area contributed by atoms with Gasteiger partial charge in [0.25, 0.3) is 11.5 Å². The first-order chi connectivity index (χ1) is 16.8. The van der Waals surface area contributed by atoms with E-state index in [9.17, 15) is 19.2 Å². The van der Waals surface area contributed by atoms with Crippen LogP contribution in [0.5, 0.6) is 0 Å². The van der Waals surface area contributed by atoms with Crippen molar-refractivity contribution in [1.29, 1.82) is 0 Å². The normalized spacial score (nSPS) is 19.5. The predicted octanol–water partition coefficient (Wildman–Crippen LogP) is 1.56. The van der Waals surface area contributed by atoms with Gasteiger partial charge in [0, 0.05) is 25.8 Å². The number of anilines is 1. The number of fused-ring (bicyclic) bond motifs is 1. The molecule has 4 heterocycles. The molecule has 2 saturated heterocycles. The molecule has 0 spiro atoms. The summed E-state index contributed by atoms with van der Waals surface area (Å²) in [7, 11) is 0. The smallest absolute Gasteiger partial charge is 0.308 e. The summed E-state index contributed by atoms with van der Waals surface area (Å²) in [5.74, 6) is -0.936. The Bertz CT molecular complexity index is 1290. The summed E-state index contributed by atoms with van der Waals surface area (Å²) in [6.07, 6.45) is 3.62. The summed E-state index contributed by atoms with van der Waals surface area (Å²) in [5, 5.41) is 2.76. The van der Waals surface area contributed by atoms with Gasteiger partial charge < -0.3 is 15.0 Å². The highest BCUT2D eigenvalue weighted by molar-refractivity contribution is 8.26. The number of pyridine rings is 1. The quantitative estimate of drug-likeness (QED) is 0.333. The lowest BCUT2D eigenvalue weighted by Crippen LogP contribution is -2.57. The Morgan fingerprint density at radius 1 is 1.31 bits per heavy atom. The van der Waals surface area contributed by atoms with E-state index in [0.29, 0.717) is 34.5 Å². The Hall–Kier alpha value is -3.25. The van der Waals surface area contributed by atoms with Gasteiger partial charge in [-0.05, 0) is 31.6 Å². The van der Waals surface area contributed by atoms with E-state index in [4.69, 9.17) is 17.0 Å². The molecule has 2 aromatic rings. The Kier molecular flexibility index (Phi) is 7.51. The first-order valence-corrected chi connectivity index (χ1v) is 12.5. The van der Waals surface area contributed by atoms with Gasteiger partial charge in [-0.2, -0.15) is 0 Å².